The molecule has 0 heterocycles. The van der Waals surface area contributed by atoms with Gasteiger partial charge < -0.3 is 9.47 Å². The predicted octanol–water partition coefficient (Wildman–Crippen LogP) is 4.58. The molecule has 0 atom stereocenters. The number of hydrogen-bond acceptors (Lipinski definition) is 3. The third-order valence-corrected chi connectivity index (χ3v) is 4.06. The molecule has 1 fully saturated rings. The van der Waals surface area contributed by atoms with Crippen LogP contribution >= 0.6 is 0 Å². The SMILES string of the molecule is CCOc1cc(/C(=C/C#N)C2CCCCC2)ccc1OC. The first-order chi connectivity index (χ1) is 10.3. The van der Waals surface area contributed by atoms with Gasteiger partial charge >= 0.3 is 0 Å². The summed E-state index contributed by atoms with van der Waals surface area (Å²) in [5.41, 5.74) is 2.22. The van der Waals surface area contributed by atoms with Crippen molar-refractivity contribution in [1.82, 2.24) is 0 Å². The molecule has 0 amide bonds. The second-order valence-electron chi connectivity index (χ2n) is 5.36. The van der Waals surface area contributed by atoms with E-state index in [0.717, 1.165) is 22.6 Å². The fraction of sp³-hybridized carbons (Fsp3) is 0.500. The molecule has 112 valence electrons. The van der Waals surface area contributed by atoms with Gasteiger partial charge in [0.25, 0.3) is 0 Å². The van der Waals surface area contributed by atoms with Gasteiger partial charge in [-0.3, -0.25) is 0 Å². The van der Waals surface area contributed by atoms with Gasteiger partial charge in [0.15, 0.2) is 11.5 Å². The Bertz CT molecular complexity index is 537. The molecule has 0 bridgehead atoms. The van der Waals surface area contributed by atoms with Crippen LogP contribution in [-0.4, -0.2) is 13.7 Å². The van der Waals surface area contributed by atoms with E-state index in [1.807, 2.05) is 25.1 Å². The van der Waals surface area contributed by atoms with Gasteiger partial charge in [-0.15, -0.1) is 0 Å². The summed E-state index contributed by atoms with van der Waals surface area (Å²) in [6.45, 7) is 2.56. The van der Waals surface area contributed by atoms with Crippen LogP contribution in [0.25, 0.3) is 5.57 Å². The van der Waals surface area contributed by atoms with E-state index in [4.69, 9.17) is 14.7 Å². The normalized spacial score (nSPS) is 16.3. The van der Waals surface area contributed by atoms with Crippen molar-refractivity contribution in [3.63, 3.8) is 0 Å². The third-order valence-electron chi connectivity index (χ3n) is 4.06. The van der Waals surface area contributed by atoms with Gasteiger partial charge in [0.05, 0.1) is 19.8 Å². The van der Waals surface area contributed by atoms with Crippen molar-refractivity contribution in [2.75, 3.05) is 13.7 Å². The molecule has 0 saturated heterocycles. The molecule has 1 aliphatic rings. The van der Waals surface area contributed by atoms with Gasteiger partial charge in [0, 0.05) is 6.08 Å². The van der Waals surface area contributed by atoms with E-state index in [2.05, 4.69) is 6.07 Å². The Morgan fingerprint density at radius 1 is 1.29 bits per heavy atom. The lowest BCUT2D eigenvalue weighted by Gasteiger charge is -2.24. The van der Waals surface area contributed by atoms with Crippen LogP contribution < -0.4 is 9.47 Å². The van der Waals surface area contributed by atoms with Crippen molar-refractivity contribution in [3.05, 3.63) is 29.8 Å². The molecular formula is C18H23NO2. The highest BCUT2D eigenvalue weighted by Crippen LogP contribution is 2.38. The van der Waals surface area contributed by atoms with Gasteiger partial charge in [-0.2, -0.15) is 5.26 Å². The van der Waals surface area contributed by atoms with Crippen LogP contribution in [0.15, 0.2) is 24.3 Å². The number of nitriles is 1. The molecule has 1 saturated carbocycles. The first-order valence-electron chi connectivity index (χ1n) is 7.71. The van der Waals surface area contributed by atoms with Crippen LogP contribution in [-0.2, 0) is 0 Å². The molecule has 2 rings (SSSR count). The van der Waals surface area contributed by atoms with E-state index >= 15 is 0 Å². The van der Waals surface area contributed by atoms with E-state index in [1.165, 1.54) is 32.1 Å². The molecule has 3 heteroatoms. The minimum absolute atomic E-state index is 0.487. The highest BCUT2D eigenvalue weighted by Gasteiger charge is 2.20. The molecule has 1 aliphatic carbocycles. The summed E-state index contributed by atoms with van der Waals surface area (Å²) in [4.78, 5) is 0. The fourth-order valence-electron chi connectivity index (χ4n) is 3.04. The lowest BCUT2D eigenvalue weighted by atomic mass is 9.81. The van der Waals surface area contributed by atoms with Crippen molar-refractivity contribution in [2.45, 2.75) is 39.0 Å². The van der Waals surface area contributed by atoms with Crippen molar-refractivity contribution in [1.29, 1.82) is 5.26 Å². The molecule has 0 unspecified atom stereocenters. The Morgan fingerprint density at radius 3 is 2.67 bits per heavy atom. The summed E-state index contributed by atoms with van der Waals surface area (Å²) < 4.78 is 11.0. The fourth-order valence-corrected chi connectivity index (χ4v) is 3.04. The summed E-state index contributed by atoms with van der Waals surface area (Å²) in [6, 6.07) is 8.16. The monoisotopic (exact) mass is 285 g/mol. The number of allylic oxidation sites excluding steroid dienone is 2. The topological polar surface area (TPSA) is 42.2 Å². The number of hydrogen-bond donors (Lipinski definition) is 0. The summed E-state index contributed by atoms with van der Waals surface area (Å²) >= 11 is 0. The Hall–Kier alpha value is -1.95. The molecule has 0 aliphatic heterocycles. The van der Waals surface area contributed by atoms with Gasteiger partial charge in [0.2, 0.25) is 0 Å². The smallest absolute Gasteiger partial charge is 0.161 e. The molecular weight excluding hydrogens is 262 g/mol. The molecule has 1 aromatic rings. The average Bonchev–Trinajstić information content (AvgIpc) is 2.54. The van der Waals surface area contributed by atoms with Crippen LogP contribution in [0.2, 0.25) is 0 Å². The molecule has 1 aromatic carbocycles. The van der Waals surface area contributed by atoms with Crippen molar-refractivity contribution in [3.8, 4) is 17.6 Å². The Kier molecular flexibility index (Phi) is 5.68. The summed E-state index contributed by atoms with van der Waals surface area (Å²) in [5.74, 6) is 1.97. The van der Waals surface area contributed by atoms with Crippen molar-refractivity contribution in [2.24, 2.45) is 5.92 Å². The minimum Gasteiger partial charge on any atom is -0.493 e. The zero-order valence-electron chi connectivity index (χ0n) is 12.9. The van der Waals surface area contributed by atoms with Crippen LogP contribution in [0.4, 0.5) is 0 Å². The number of nitrogens with zero attached hydrogens (tertiary/aromatic N) is 1. The number of methoxy groups -OCH3 is 1. The third kappa shape index (κ3) is 3.78. The second-order valence-corrected chi connectivity index (χ2v) is 5.36. The van der Waals surface area contributed by atoms with E-state index < -0.39 is 0 Å². The molecule has 0 spiro atoms. The van der Waals surface area contributed by atoms with Gasteiger partial charge in [-0.1, -0.05) is 25.3 Å². The second kappa shape index (κ2) is 7.73. The van der Waals surface area contributed by atoms with Crippen molar-refractivity contribution < 1.29 is 9.47 Å². The summed E-state index contributed by atoms with van der Waals surface area (Å²) in [6.07, 6.45) is 7.85. The Labute approximate surface area is 127 Å². The zero-order chi connectivity index (χ0) is 15.1. The lowest BCUT2D eigenvalue weighted by Crippen LogP contribution is -2.09. The molecule has 3 nitrogen and oxygen atoms in total. The number of ether oxygens (including phenoxy) is 2. The average molecular weight is 285 g/mol. The molecule has 21 heavy (non-hydrogen) atoms. The molecule has 0 N–H and O–H groups in total. The van der Waals surface area contributed by atoms with E-state index in [-0.39, 0.29) is 0 Å². The largest absolute Gasteiger partial charge is 0.493 e. The van der Waals surface area contributed by atoms with Crippen molar-refractivity contribution >= 4 is 5.57 Å². The van der Waals surface area contributed by atoms with Crippen LogP contribution in [0, 0.1) is 17.2 Å². The first kappa shape index (κ1) is 15.4. The lowest BCUT2D eigenvalue weighted by molar-refractivity contribution is 0.311. The Morgan fingerprint density at radius 2 is 2.05 bits per heavy atom. The highest BCUT2D eigenvalue weighted by atomic mass is 16.5. The first-order valence-corrected chi connectivity index (χ1v) is 7.71. The van der Waals surface area contributed by atoms with E-state index in [9.17, 15) is 0 Å². The maximum Gasteiger partial charge on any atom is 0.161 e. The summed E-state index contributed by atoms with van der Waals surface area (Å²) in [5, 5.41) is 9.12. The maximum absolute atomic E-state index is 9.12. The molecule has 0 radical (unpaired) electrons. The maximum atomic E-state index is 9.12. The van der Waals surface area contributed by atoms with Crippen LogP contribution in [0.5, 0.6) is 11.5 Å². The summed E-state index contributed by atoms with van der Waals surface area (Å²) in [7, 11) is 1.64. The van der Waals surface area contributed by atoms with Crippen LogP contribution in [0.3, 0.4) is 0 Å². The predicted molar refractivity (Wildman–Crippen MR) is 84.3 cm³/mol. The van der Waals surface area contributed by atoms with Crippen LogP contribution in [0.1, 0.15) is 44.6 Å². The number of benzene rings is 1. The van der Waals surface area contributed by atoms with Gasteiger partial charge in [-0.25, -0.2) is 0 Å². The Balaban J connectivity index is 2.34. The minimum atomic E-state index is 0.487. The van der Waals surface area contributed by atoms with Gasteiger partial charge in [-0.05, 0) is 49.0 Å². The van der Waals surface area contributed by atoms with E-state index in [1.54, 1.807) is 13.2 Å². The number of rotatable bonds is 5. The zero-order valence-corrected chi connectivity index (χ0v) is 12.9. The standard InChI is InChI=1S/C18H23NO2/c1-3-21-18-13-15(9-10-17(18)20-2)16(11-12-19)14-7-5-4-6-8-14/h9-11,13-14H,3-8H2,1-2H3/b16-11+. The van der Waals surface area contributed by atoms with E-state index in [0.29, 0.717) is 12.5 Å². The quantitative estimate of drug-likeness (QED) is 0.743. The highest BCUT2D eigenvalue weighted by molar-refractivity contribution is 5.71. The van der Waals surface area contributed by atoms with Gasteiger partial charge in [0.1, 0.15) is 0 Å². The molecule has 0 aromatic heterocycles.